The van der Waals surface area contributed by atoms with Crippen LogP contribution in [0.5, 0.6) is 0 Å². The molecule has 6 heteroatoms. The van der Waals surface area contributed by atoms with Crippen molar-refractivity contribution in [2.24, 2.45) is 0 Å². The maximum Gasteiger partial charge on any atom is 0.435 e. The van der Waals surface area contributed by atoms with Gasteiger partial charge in [0.25, 0.3) is 0 Å². The number of likely N-dealkylation sites (N-methyl/N-ethyl adjacent to an activating group) is 1. The van der Waals surface area contributed by atoms with Gasteiger partial charge in [-0.2, -0.15) is 18.3 Å². The van der Waals surface area contributed by atoms with E-state index in [1.54, 1.807) is 0 Å². The van der Waals surface area contributed by atoms with Crippen molar-refractivity contribution >= 4 is 0 Å². The van der Waals surface area contributed by atoms with Gasteiger partial charge in [0.05, 0.1) is 6.04 Å². The standard InChI is InChI=1S/C10H16F3N3/c1-4-14-7(2)8(3)16-6-5-9(15-16)10(11,12)13/h5-8,14H,4H2,1-3H3. The molecule has 2 unspecified atom stereocenters. The van der Waals surface area contributed by atoms with E-state index >= 15 is 0 Å². The van der Waals surface area contributed by atoms with Gasteiger partial charge in [-0.1, -0.05) is 6.92 Å². The van der Waals surface area contributed by atoms with Gasteiger partial charge in [0.15, 0.2) is 5.69 Å². The second-order valence-corrected chi connectivity index (χ2v) is 3.77. The van der Waals surface area contributed by atoms with Gasteiger partial charge in [-0.3, -0.25) is 4.68 Å². The molecule has 0 aromatic carbocycles. The summed E-state index contributed by atoms with van der Waals surface area (Å²) in [6.45, 7) is 6.48. The molecule has 2 atom stereocenters. The summed E-state index contributed by atoms with van der Waals surface area (Å²) < 4.78 is 38.3. The molecule has 0 amide bonds. The molecule has 1 aromatic rings. The van der Waals surface area contributed by atoms with Crippen LogP contribution in [-0.2, 0) is 6.18 Å². The zero-order chi connectivity index (χ0) is 12.3. The van der Waals surface area contributed by atoms with Crippen LogP contribution in [0.4, 0.5) is 13.2 Å². The van der Waals surface area contributed by atoms with Crippen molar-refractivity contribution in [1.29, 1.82) is 0 Å². The Labute approximate surface area is 92.6 Å². The summed E-state index contributed by atoms with van der Waals surface area (Å²) >= 11 is 0. The number of rotatable bonds is 4. The van der Waals surface area contributed by atoms with Crippen molar-refractivity contribution < 1.29 is 13.2 Å². The summed E-state index contributed by atoms with van der Waals surface area (Å²) in [5, 5.41) is 6.69. The van der Waals surface area contributed by atoms with E-state index in [-0.39, 0.29) is 12.1 Å². The molecule has 0 saturated carbocycles. The number of hydrogen-bond donors (Lipinski definition) is 1. The molecule has 0 saturated heterocycles. The minimum Gasteiger partial charge on any atom is -0.312 e. The third kappa shape index (κ3) is 2.98. The van der Waals surface area contributed by atoms with Crippen LogP contribution in [0.15, 0.2) is 12.3 Å². The molecule has 92 valence electrons. The van der Waals surface area contributed by atoms with Crippen molar-refractivity contribution in [3.8, 4) is 0 Å². The minimum absolute atomic E-state index is 0.0750. The number of nitrogens with zero attached hydrogens (tertiary/aromatic N) is 2. The van der Waals surface area contributed by atoms with Crippen LogP contribution in [-0.4, -0.2) is 22.4 Å². The third-order valence-electron chi connectivity index (χ3n) is 2.57. The highest BCUT2D eigenvalue weighted by Crippen LogP contribution is 2.28. The van der Waals surface area contributed by atoms with E-state index in [1.807, 2.05) is 20.8 Å². The quantitative estimate of drug-likeness (QED) is 0.868. The second kappa shape index (κ2) is 4.86. The largest absolute Gasteiger partial charge is 0.435 e. The smallest absolute Gasteiger partial charge is 0.312 e. The van der Waals surface area contributed by atoms with E-state index < -0.39 is 11.9 Å². The summed E-state index contributed by atoms with van der Waals surface area (Å²) in [5.41, 5.74) is -0.844. The molecule has 0 bridgehead atoms. The average molecular weight is 235 g/mol. The lowest BCUT2D eigenvalue weighted by Crippen LogP contribution is -2.33. The Bertz CT molecular complexity index is 332. The van der Waals surface area contributed by atoms with Crippen LogP contribution in [0, 0.1) is 0 Å². The fourth-order valence-corrected chi connectivity index (χ4v) is 1.44. The highest BCUT2D eigenvalue weighted by molar-refractivity contribution is 5.04. The molecular weight excluding hydrogens is 219 g/mol. The minimum atomic E-state index is -4.37. The van der Waals surface area contributed by atoms with Gasteiger partial charge in [-0.15, -0.1) is 0 Å². The predicted molar refractivity (Wildman–Crippen MR) is 55.1 cm³/mol. The molecule has 3 nitrogen and oxygen atoms in total. The Balaban J connectivity index is 2.78. The van der Waals surface area contributed by atoms with Gasteiger partial charge >= 0.3 is 6.18 Å². The summed E-state index contributed by atoms with van der Waals surface area (Å²) in [5.74, 6) is 0. The molecule has 0 aliphatic carbocycles. The monoisotopic (exact) mass is 235 g/mol. The van der Waals surface area contributed by atoms with Crippen LogP contribution < -0.4 is 5.32 Å². The van der Waals surface area contributed by atoms with E-state index in [1.165, 1.54) is 10.9 Å². The summed E-state index contributed by atoms with van der Waals surface area (Å²) in [6, 6.07) is 0.955. The number of nitrogens with one attached hydrogen (secondary N) is 1. The van der Waals surface area contributed by atoms with Crippen LogP contribution in [0.25, 0.3) is 0 Å². The number of aromatic nitrogens is 2. The molecular formula is C10H16F3N3. The Hall–Kier alpha value is -1.04. The first-order valence-electron chi connectivity index (χ1n) is 5.22. The summed E-state index contributed by atoms with van der Waals surface area (Å²) in [7, 11) is 0. The zero-order valence-electron chi connectivity index (χ0n) is 9.54. The van der Waals surface area contributed by atoms with Crippen molar-refractivity contribution in [2.75, 3.05) is 6.54 Å². The number of hydrogen-bond acceptors (Lipinski definition) is 2. The summed E-state index contributed by atoms with van der Waals surface area (Å²) in [6.07, 6.45) is -3.01. The van der Waals surface area contributed by atoms with Crippen LogP contribution in [0.1, 0.15) is 32.5 Å². The lowest BCUT2D eigenvalue weighted by molar-refractivity contribution is -0.141. The highest BCUT2D eigenvalue weighted by atomic mass is 19.4. The fourth-order valence-electron chi connectivity index (χ4n) is 1.44. The van der Waals surface area contributed by atoms with Gasteiger partial charge in [-0.05, 0) is 26.5 Å². The normalized spacial score (nSPS) is 16.1. The van der Waals surface area contributed by atoms with Crippen molar-refractivity contribution in [3.63, 3.8) is 0 Å². The maximum absolute atomic E-state index is 12.3. The van der Waals surface area contributed by atoms with Gasteiger partial charge < -0.3 is 5.32 Å². The van der Waals surface area contributed by atoms with Crippen molar-refractivity contribution in [3.05, 3.63) is 18.0 Å². The third-order valence-corrected chi connectivity index (χ3v) is 2.57. The molecule has 0 fully saturated rings. The number of alkyl halides is 3. The van der Waals surface area contributed by atoms with Gasteiger partial charge in [0, 0.05) is 12.2 Å². The molecule has 1 heterocycles. The molecule has 1 N–H and O–H groups in total. The first kappa shape index (κ1) is 13.0. The summed E-state index contributed by atoms with van der Waals surface area (Å²) in [4.78, 5) is 0. The first-order valence-corrected chi connectivity index (χ1v) is 5.22. The first-order chi connectivity index (χ1) is 7.36. The average Bonchev–Trinajstić information content (AvgIpc) is 2.65. The molecule has 1 aromatic heterocycles. The Morgan fingerprint density at radius 1 is 1.44 bits per heavy atom. The van der Waals surface area contributed by atoms with Gasteiger partial charge in [0.2, 0.25) is 0 Å². The zero-order valence-corrected chi connectivity index (χ0v) is 9.54. The lowest BCUT2D eigenvalue weighted by atomic mass is 10.2. The van der Waals surface area contributed by atoms with E-state index in [4.69, 9.17) is 0 Å². The Morgan fingerprint density at radius 2 is 2.06 bits per heavy atom. The second-order valence-electron chi connectivity index (χ2n) is 3.77. The van der Waals surface area contributed by atoms with Gasteiger partial charge in [0.1, 0.15) is 0 Å². The van der Waals surface area contributed by atoms with Crippen molar-refractivity contribution in [1.82, 2.24) is 15.1 Å². The van der Waals surface area contributed by atoms with Crippen LogP contribution >= 0.6 is 0 Å². The maximum atomic E-state index is 12.3. The SMILES string of the molecule is CCNC(C)C(C)n1ccc(C(F)(F)F)n1. The fraction of sp³-hybridized carbons (Fsp3) is 0.700. The lowest BCUT2D eigenvalue weighted by Gasteiger charge is -2.21. The van der Waals surface area contributed by atoms with Crippen molar-refractivity contribution in [2.45, 2.75) is 39.0 Å². The number of halogens is 3. The van der Waals surface area contributed by atoms with E-state index in [0.29, 0.717) is 0 Å². The van der Waals surface area contributed by atoms with E-state index in [9.17, 15) is 13.2 Å². The highest BCUT2D eigenvalue weighted by Gasteiger charge is 2.34. The van der Waals surface area contributed by atoms with E-state index in [0.717, 1.165) is 12.6 Å². The van der Waals surface area contributed by atoms with Crippen LogP contribution in [0.2, 0.25) is 0 Å². The Morgan fingerprint density at radius 3 is 2.50 bits per heavy atom. The molecule has 16 heavy (non-hydrogen) atoms. The molecule has 0 spiro atoms. The van der Waals surface area contributed by atoms with Crippen LogP contribution in [0.3, 0.4) is 0 Å². The predicted octanol–water partition coefficient (Wildman–Crippen LogP) is 2.46. The molecule has 0 radical (unpaired) electrons. The topological polar surface area (TPSA) is 29.9 Å². The van der Waals surface area contributed by atoms with E-state index in [2.05, 4.69) is 10.4 Å². The molecule has 1 rings (SSSR count). The molecule has 0 aliphatic rings. The van der Waals surface area contributed by atoms with Gasteiger partial charge in [-0.25, -0.2) is 0 Å². The molecule has 0 aliphatic heterocycles. The Kier molecular flexibility index (Phi) is 3.96.